The van der Waals surface area contributed by atoms with Gasteiger partial charge in [-0.25, -0.2) is 4.79 Å². The van der Waals surface area contributed by atoms with Crippen LogP contribution in [-0.4, -0.2) is 9.13 Å². The van der Waals surface area contributed by atoms with Crippen molar-refractivity contribution in [3.8, 4) is 11.8 Å². The molecule has 18 heavy (non-hydrogen) atoms. The summed E-state index contributed by atoms with van der Waals surface area (Å²) in [6.07, 6.45) is 5.93. The summed E-state index contributed by atoms with van der Waals surface area (Å²) < 4.78 is 3.47. The van der Waals surface area contributed by atoms with E-state index in [0.717, 1.165) is 18.4 Å². The van der Waals surface area contributed by atoms with Gasteiger partial charge in [0.2, 0.25) is 0 Å². The van der Waals surface area contributed by atoms with E-state index in [4.69, 9.17) is 0 Å². The first-order chi connectivity index (χ1) is 8.84. The van der Waals surface area contributed by atoms with Crippen LogP contribution in [0.25, 0.3) is 0 Å². The molecule has 3 nitrogen and oxygen atoms in total. The highest BCUT2D eigenvalue weighted by Gasteiger charge is 2.25. The SMILES string of the molecule is O=c1n(CC#Cc2ccccc2)ccn1C1CC1. The fraction of sp³-hybridized carbons (Fsp3) is 0.267. The molecule has 90 valence electrons. The van der Waals surface area contributed by atoms with Crippen LogP contribution in [0.4, 0.5) is 0 Å². The Labute approximate surface area is 106 Å². The molecule has 0 N–H and O–H groups in total. The molecule has 0 aliphatic heterocycles. The zero-order valence-corrected chi connectivity index (χ0v) is 10.0. The van der Waals surface area contributed by atoms with Crippen LogP contribution in [-0.2, 0) is 6.54 Å². The quantitative estimate of drug-likeness (QED) is 0.735. The van der Waals surface area contributed by atoms with Crippen molar-refractivity contribution in [1.82, 2.24) is 9.13 Å². The van der Waals surface area contributed by atoms with Gasteiger partial charge >= 0.3 is 5.69 Å². The predicted molar refractivity (Wildman–Crippen MR) is 70.3 cm³/mol. The van der Waals surface area contributed by atoms with Gasteiger partial charge in [0.25, 0.3) is 0 Å². The van der Waals surface area contributed by atoms with Crippen molar-refractivity contribution in [1.29, 1.82) is 0 Å². The van der Waals surface area contributed by atoms with Crippen LogP contribution in [0.3, 0.4) is 0 Å². The monoisotopic (exact) mass is 238 g/mol. The summed E-state index contributed by atoms with van der Waals surface area (Å²) in [7, 11) is 0. The molecule has 1 aromatic heterocycles. The third-order valence-electron chi connectivity index (χ3n) is 3.07. The zero-order chi connectivity index (χ0) is 12.4. The van der Waals surface area contributed by atoms with E-state index in [1.807, 2.05) is 47.3 Å². The van der Waals surface area contributed by atoms with E-state index >= 15 is 0 Å². The van der Waals surface area contributed by atoms with Crippen LogP contribution in [0.15, 0.2) is 47.5 Å². The Bertz CT molecular complexity index is 651. The molecular weight excluding hydrogens is 224 g/mol. The third-order valence-corrected chi connectivity index (χ3v) is 3.07. The van der Waals surface area contributed by atoms with Crippen molar-refractivity contribution in [3.63, 3.8) is 0 Å². The first-order valence-electron chi connectivity index (χ1n) is 6.16. The maximum atomic E-state index is 12.0. The fourth-order valence-corrected chi connectivity index (χ4v) is 1.93. The maximum absolute atomic E-state index is 12.0. The number of hydrogen-bond acceptors (Lipinski definition) is 1. The van der Waals surface area contributed by atoms with E-state index in [-0.39, 0.29) is 5.69 Å². The van der Waals surface area contributed by atoms with Crippen LogP contribution in [0.5, 0.6) is 0 Å². The standard InChI is InChI=1S/C15H14N2O/c18-15-16(11-12-17(15)14-8-9-14)10-4-7-13-5-2-1-3-6-13/h1-3,5-6,11-12,14H,8-10H2. The maximum Gasteiger partial charge on any atom is 0.329 e. The lowest BCUT2D eigenvalue weighted by Crippen LogP contribution is -2.23. The minimum absolute atomic E-state index is 0.0554. The summed E-state index contributed by atoms with van der Waals surface area (Å²) in [6, 6.07) is 10.2. The van der Waals surface area contributed by atoms with Gasteiger partial charge in [0.05, 0.1) is 6.54 Å². The van der Waals surface area contributed by atoms with E-state index in [1.165, 1.54) is 0 Å². The van der Waals surface area contributed by atoms with Crippen LogP contribution in [0.2, 0.25) is 0 Å². The summed E-state index contributed by atoms with van der Waals surface area (Å²) >= 11 is 0. The number of hydrogen-bond donors (Lipinski definition) is 0. The van der Waals surface area contributed by atoms with Crippen molar-refractivity contribution >= 4 is 0 Å². The molecular formula is C15H14N2O. The molecule has 2 aromatic rings. The molecule has 0 atom stereocenters. The lowest BCUT2D eigenvalue weighted by Gasteiger charge is -1.95. The van der Waals surface area contributed by atoms with E-state index < -0.39 is 0 Å². The molecule has 1 aliphatic rings. The number of imidazole rings is 1. The van der Waals surface area contributed by atoms with Gasteiger partial charge in [-0.3, -0.25) is 9.13 Å². The Morgan fingerprint density at radius 1 is 1.17 bits per heavy atom. The fourth-order valence-electron chi connectivity index (χ4n) is 1.93. The largest absolute Gasteiger partial charge is 0.329 e. The second-order valence-electron chi connectivity index (χ2n) is 4.51. The van der Waals surface area contributed by atoms with Gasteiger partial charge in [-0.05, 0) is 25.0 Å². The van der Waals surface area contributed by atoms with Crippen LogP contribution >= 0.6 is 0 Å². The summed E-state index contributed by atoms with van der Waals surface area (Å²) in [5.41, 5.74) is 1.03. The zero-order valence-electron chi connectivity index (χ0n) is 10.0. The molecule has 1 fully saturated rings. The highest BCUT2D eigenvalue weighted by Crippen LogP contribution is 2.33. The van der Waals surface area contributed by atoms with Gasteiger partial charge in [-0.15, -0.1) is 0 Å². The molecule has 0 unspecified atom stereocenters. The van der Waals surface area contributed by atoms with E-state index in [0.29, 0.717) is 12.6 Å². The molecule has 0 amide bonds. The Balaban J connectivity index is 1.74. The molecule has 3 rings (SSSR count). The summed E-state index contributed by atoms with van der Waals surface area (Å²) in [5.74, 6) is 6.09. The average molecular weight is 238 g/mol. The van der Waals surface area contributed by atoms with Crippen LogP contribution < -0.4 is 5.69 Å². The summed E-state index contributed by atoms with van der Waals surface area (Å²) in [4.78, 5) is 12.0. The summed E-state index contributed by atoms with van der Waals surface area (Å²) in [5, 5.41) is 0. The lowest BCUT2D eigenvalue weighted by atomic mass is 10.2. The van der Waals surface area contributed by atoms with E-state index in [1.54, 1.807) is 4.57 Å². The van der Waals surface area contributed by atoms with Crippen LogP contribution in [0, 0.1) is 11.8 Å². The van der Waals surface area contributed by atoms with Gasteiger partial charge in [-0.2, -0.15) is 0 Å². The number of aromatic nitrogens is 2. The molecule has 0 radical (unpaired) electrons. The van der Waals surface area contributed by atoms with Crippen molar-refractivity contribution in [2.45, 2.75) is 25.4 Å². The molecule has 1 aromatic carbocycles. The van der Waals surface area contributed by atoms with Gasteiger partial charge in [0.1, 0.15) is 0 Å². The molecule has 0 bridgehead atoms. The second kappa shape index (κ2) is 4.58. The van der Waals surface area contributed by atoms with Gasteiger partial charge in [-0.1, -0.05) is 30.0 Å². The first-order valence-corrected chi connectivity index (χ1v) is 6.16. The Morgan fingerprint density at radius 3 is 2.67 bits per heavy atom. The third kappa shape index (κ3) is 2.23. The highest BCUT2D eigenvalue weighted by atomic mass is 16.1. The number of benzene rings is 1. The Kier molecular flexibility index (Phi) is 2.77. The number of nitrogens with zero attached hydrogens (tertiary/aromatic N) is 2. The van der Waals surface area contributed by atoms with E-state index in [9.17, 15) is 4.79 Å². The smallest absolute Gasteiger partial charge is 0.296 e. The van der Waals surface area contributed by atoms with Crippen molar-refractivity contribution in [2.24, 2.45) is 0 Å². The lowest BCUT2D eigenvalue weighted by molar-refractivity contribution is 0.665. The molecule has 1 aliphatic carbocycles. The van der Waals surface area contributed by atoms with Crippen molar-refractivity contribution < 1.29 is 0 Å². The number of rotatable bonds is 2. The Morgan fingerprint density at radius 2 is 1.94 bits per heavy atom. The van der Waals surface area contributed by atoms with Gasteiger partial charge in [0.15, 0.2) is 0 Å². The molecule has 0 saturated heterocycles. The summed E-state index contributed by atoms with van der Waals surface area (Å²) in [6.45, 7) is 0.452. The first kappa shape index (κ1) is 10.9. The van der Waals surface area contributed by atoms with Crippen molar-refractivity contribution in [2.75, 3.05) is 0 Å². The Hall–Kier alpha value is -2.21. The molecule has 3 heteroatoms. The predicted octanol–water partition coefficient (Wildman–Crippen LogP) is 2.04. The molecule has 0 spiro atoms. The molecule has 1 saturated carbocycles. The van der Waals surface area contributed by atoms with Gasteiger partial charge < -0.3 is 0 Å². The topological polar surface area (TPSA) is 26.9 Å². The minimum atomic E-state index is 0.0554. The average Bonchev–Trinajstić information content (AvgIpc) is 3.17. The highest BCUT2D eigenvalue weighted by molar-refractivity contribution is 5.33. The van der Waals surface area contributed by atoms with E-state index in [2.05, 4.69) is 11.8 Å². The normalized spacial score (nSPS) is 14.0. The van der Waals surface area contributed by atoms with Crippen LogP contribution in [0.1, 0.15) is 24.4 Å². The van der Waals surface area contributed by atoms with Gasteiger partial charge in [0, 0.05) is 24.0 Å². The molecule has 1 heterocycles. The van der Waals surface area contributed by atoms with Crippen molar-refractivity contribution in [3.05, 3.63) is 58.8 Å². The minimum Gasteiger partial charge on any atom is -0.296 e. The second-order valence-corrected chi connectivity index (χ2v) is 4.51.